The van der Waals surface area contributed by atoms with Gasteiger partial charge in [0.1, 0.15) is 11.5 Å². The van der Waals surface area contributed by atoms with Gasteiger partial charge in [0.2, 0.25) is 0 Å². The van der Waals surface area contributed by atoms with Crippen LogP contribution < -0.4 is 4.90 Å². The van der Waals surface area contributed by atoms with E-state index in [4.69, 9.17) is 4.98 Å². The van der Waals surface area contributed by atoms with Crippen molar-refractivity contribution in [2.75, 3.05) is 33.2 Å². The summed E-state index contributed by atoms with van der Waals surface area (Å²) in [6.45, 7) is 4.27. The summed E-state index contributed by atoms with van der Waals surface area (Å²) in [7, 11) is 2.23. The zero-order chi connectivity index (χ0) is 16.4. The molecule has 0 saturated carbocycles. The van der Waals surface area contributed by atoms with Gasteiger partial charge < -0.3 is 4.90 Å². The van der Waals surface area contributed by atoms with Crippen LogP contribution in [0.5, 0.6) is 0 Å². The molecule has 3 aromatic rings. The van der Waals surface area contributed by atoms with Crippen molar-refractivity contribution >= 4 is 11.7 Å². The summed E-state index contributed by atoms with van der Waals surface area (Å²) in [5.74, 6) is 0.954. The third kappa shape index (κ3) is 2.90. The standard InChI is InChI=1S/C19H21N5/c1-22-11-13-23(14-12-22)20-15-17-18-9-5-6-10-24(18)19(21-17)16-7-3-2-4-8-16/h2-10,15H,11-14H2,1H3/p+1/b20-15-. The molecule has 0 spiro atoms. The highest BCUT2D eigenvalue weighted by Gasteiger charge is 2.15. The Morgan fingerprint density at radius 3 is 2.58 bits per heavy atom. The molecule has 24 heavy (non-hydrogen) atoms. The molecule has 1 aliphatic rings. The largest absolute Gasteiger partial charge is 0.334 e. The Labute approximate surface area is 141 Å². The first-order valence-electron chi connectivity index (χ1n) is 8.44. The van der Waals surface area contributed by atoms with Crippen LogP contribution in [-0.2, 0) is 0 Å². The molecule has 5 heteroatoms. The van der Waals surface area contributed by atoms with Crippen LogP contribution in [0.3, 0.4) is 0 Å². The van der Waals surface area contributed by atoms with Gasteiger partial charge in [-0.2, -0.15) is 5.10 Å². The minimum Gasteiger partial charge on any atom is -0.334 e. The van der Waals surface area contributed by atoms with E-state index in [-0.39, 0.29) is 0 Å². The molecule has 0 radical (unpaired) electrons. The van der Waals surface area contributed by atoms with E-state index in [9.17, 15) is 0 Å². The highest BCUT2D eigenvalue weighted by molar-refractivity contribution is 5.88. The molecule has 1 aromatic carbocycles. The summed E-state index contributed by atoms with van der Waals surface area (Å²) in [5, 5.41) is 6.81. The lowest BCUT2D eigenvalue weighted by molar-refractivity contribution is -0.884. The molecule has 122 valence electrons. The number of hydrazone groups is 1. The van der Waals surface area contributed by atoms with Crippen molar-refractivity contribution in [1.29, 1.82) is 0 Å². The van der Waals surface area contributed by atoms with Crippen LogP contribution >= 0.6 is 0 Å². The Balaban J connectivity index is 1.69. The van der Waals surface area contributed by atoms with Gasteiger partial charge in [-0.25, -0.2) is 4.98 Å². The first kappa shape index (κ1) is 14.9. The fourth-order valence-electron chi connectivity index (χ4n) is 3.08. The van der Waals surface area contributed by atoms with Crippen LogP contribution in [0.2, 0.25) is 0 Å². The monoisotopic (exact) mass is 320 g/mol. The highest BCUT2D eigenvalue weighted by Crippen LogP contribution is 2.21. The molecular weight excluding hydrogens is 298 g/mol. The topological polar surface area (TPSA) is 37.3 Å². The van der Waals surface area contributed by atoms with E-state index in [0.29, 0.717) is 0 Å². The number of quaternary nitrogens is 1. The van der Waals surface area contributed by atoms with Gasteiger partial charge in [-0.05, 0) is 12.1 Å². The zero-order valence-corrected chi connectivity index (χ0v) is 13.9. The highest BCUT2D eigenvalue weighted by atomic mass is 15.5. The number of rotatable bonds is 3. The van der Waals surface area contributed by atoms with Gasteiger partial charge in [0.25, 0.3) is 0 Å². The van der Waals surface area contributed by atoms with Crippen molar-refractivity contribution < 1.29 is 4.90 Å². The zero-order valence-electron chi connectivity index (χ0n) is 13.9. The van der Waals surface area contributed by atoms with Crippen LogP contribution in [-0.4, -0.2) is 53.8 Å². The maximum absolute atomic E-state index is 4.84. The number of aromatic nitrogens is 2. The predicted molar refractivity (Wildman–Crippen MR) is 96.4 cm³/mol. The van der Waals surface area contributed by atoms with Crippen LogP contribution in [0.15, 0.2) is 59.8 Å². The second-order valence-corrected chi connectivity index (χ2v) is 6.30. The number of pyridine rings is 1. The van der Waals surface area contributed by atoms with Crippen molar-refractivity contribution in [3.05, 3.63) is 60.4 Å². The Bertz CT molecular complexity index is 845. The van der Waals surface area contributed by atoms with E-state index >= 15 is 0 Å². The number of nitrogens with zero attached hydrogens (tertiary/aromatic N) is 4. The van der Waals surface area contributed by atoms with Crippen molar-refractivity contribution in [3.8, 4) is 11.4 Å². The van der Waals surface area contributed by atoms with Crippen molar-refractivity contribution in [1.82, 2.24) is 14.4 Å². The second kappa shape index (κ2) is 6.45. The first-order chi connectivity index (χ1) is 11.8. The fraction of sp³-hybridized carbons (Fsp3) is 0.263. The summed E-state index contributed by atoms with van der Waals surface area (Å²) >= 11 is 0. The maximum atomic E-state index is 4.84. The Kier molecular flexibility index (Phi) is 4.01. The molecule has 0 bridgehead atoms. The molecule has 1 aliphatic heterocycles. The number of hydrogen-bond donors (Lipinski definition) is 1. The number of imidazole rings is 1. The van der Waals surface area contributed by atoms with Gasteiger partial charge in [-0.15, -0.1) is 0 Å². The maximum Gasteiger partial charge on any atom is 0.145 e. The van der Waals surface area contributed by atoms with Gasteiger partial charge in [0.05, 0.1) is 45.0 Å². The molecule has 0 amide bonds. The number of piperazine rings is 1. The predicted octanol–water partition coefficient (Wildman–Crippen LogP) is 1.17. The lowest BCUT2D eigenvalue weighted by Gasteiger charge is -2.27. The SMILES string of the molecule is C[NH+]1CCN(/N=C\c2nc(-c3ccccc3)n3ccccc23)CC1. The number of hydrogen-bond acceptors (Lipinski definition) is 3. The van der Waals surface area contributed by atoms with E-state index in [1.807, 2.05) is 36.5 Å². The Morgan fingerprint density at radius 2 is 1.79 bits per heavy atom. The van der Waals surface area contributed by atoms with E-state index in [1.54, 1.807) is 4.90 Å². The molecule has 1 saturated heterocycles. The lowest BCUT2D eigenvalue weighted by atomic mass is 10.2. The van der Waals surface area contributed by atoms with Gasteiger partial charge in [0.15, 0.2) is 0 Å². The number of likely N-dealkylation sites (N-methyl/N-ethyl adjacent to an activating group) is 1. The van der Waals surface area contributed by atoms with Gasteiger partial charge in [-0.3, -0.25) is 9.41 Å². The van der Waals surface area contributed by atoms with E-state index in [1.165, 1.54) is 0 Å². The Morgan fingerprint density at radius 1 is 1.04 bits per heavy atom. The second-order valence-electron chi connectivity index (χ2n) is 6.30. The third-order valence-corrected chi connectivity index (χ3v) is 4.55. The normalized spacial score (nSPS) is 16.3. The fourth-order valence-corrected chi connectivity index (χ4v) is 3.08. The molecule has 0 aliphatic carbocycles. The number of nitrogens with one attached hydrogen (secondary N) is 1. The summed E-state index contributed by atoms with van der Waals surface area (Å²) in [5.41, 5.74) is 3.11. The average molecular weight is 320 g/mol. The molecule has 1 N–H and O–H groups in total. The van der Waals surface area contributed by atoms with Gasteiger partial charge in [0, 0.05) is 11.8 Å². The van der Waals surface area contributed by atoms with Crippen LogP contribution in [0.4, 0.5) is 0 Å². The molecule has 2 aromatic heterocycles. The summed E-state index contributed by atoms with van der Waals surface area (Å²) in [6, 6.07) is 16.5. The van der Waals surface area contributed by atoms with Crippen molar-refractivity contribution in [3.63, 3.8) is 0 Å². The van der Waals surface area contributed by atoms with E-state index in [0.717, 1.165) is 48.8 Å². The van der Waals surface area contributed by atoms with Crippen molar-refractivity contribution in [2.45, 2.75) is 0 Å². The molecule has 3 heterocycles. The van der Waals surface area contributed by atoms with E-state index < -0.39 is 0 Å². The van der Waals surface area contributed by atoms with Crippen LogP contribution in [0.1, 0.15) is 5.69 Å². The summed E-state index contributed by atoms with van der Waals surface area (Å²) < 4.78 is 2.13. The molecule has 0 atom stereocenters. The van der Waals surface area contributed by atoms with E-state index in [2.05, 4.69) is 46.0 Å². The minimum atomic E-state index is 0.917. The average Bonchev–Trinajstić information content (AvgIpc) is 3.01. The summed E-state index contributed by atoms with van der Waals surface area (Å²) in [6.07, 6.45) is 3.96. The smallest absolute Gasteiger partial charge is 0.145 e. The third-order valence-electron chi connectivity index (χ3n) is 4.55. The molecule has 0 unspecified atom stereocenters. The lowest BCUT2D eigenvalue weighted by Crippen LogP contribution is -3.11. The minimum absolute atomic E-state index is 0.917. The van der Waals surface area contributed by atoms with Gasteiger partial charge >= 0.3 is 0 Å². The quantitative estimate of drug-likeness (QED) is 0.736. The molecular formula is C19H22N5+. The number of fused-ring (bicyclic) bond motifs is 1. The first-order valence-corrected chi connectivity index (χ1v) is 8.44. The van der Waals surface area contributed by atoms with Gasteiger partial charge in [-0.1, -0.05) is 36.4 Å². The molecule has 1 fully saturated rings. The Hall–Kier alpha value is -2.66. The number of benzene rings is 1. The molecule has 4 rings (SSSR count). The van der Waals surface area contributed by atoms with Crippen molar-refractivity contribution in [2.24, 2.45) is 5.10 Å². The summed E-state index contributed by atoms with van der Waals surface area (Å²) in [4.78, 5) is 6.41. The molecule has 5 nitrogen and oxygen atoms in total. The van der Waals surface area contributed by atoms with Crippen LogP contribution in [0, 0.1) is 0 Å². The van der Waals surface area contributed by atoms with Crippen LogP contribution in [0.25, 0.3) is 16.9 Å².